The van der Waals surface area contributed by atoms with Crippen molar-refractivity contribution in [3.8, 4) is 0 Å². The van der Waals surface area contributed by atoms with Crippen LogP contribution in [-0.2, 0) is 16.0 Å². The molecule has 1 aromatic heterocycles. The van der Waals surface area contributed by atoms with Crippen LogP contribution in [0.2, 0.25) is 0 Å². The molecule has 0 unspecified atom stereocenters. The molecule has 24 heavy (non-hydrogen) atoms. The fourth-order valence-electron chi connectivity index (χ4n) is 2.18. The molecule has 0 radical (unpaired) electrons. The van der Waals surface area contributed by atoms with Gasteiger partial charge in [0.1, 0.15) is 0 Å². The van der Waals surface area contributed by atoms with Gasteiger partial charge in [-0.1, -0.05) is 25.2 Å². The van der Waals surface area contributed by atoms with Gasteiger partial charge < -0.3 is 5.11 Å². The van der Waals surface area contributed by atoms with E-state index in [0.29, 0.717) is 28.3 Å². The zero-order chi connectivity index (χ0) is 16.7. The number of anilines is 1. The first-order chi connectivity index (χ1) is 10.1. The predicted octanol–water partition coefficient (Wildman–Crippen LogP) is 0.0761. The van der Waals surface area contributed by atoms with Crippen LogP contribution in [0.1, 0.15) is 35.6 Å². The van der Waals surface area contributed by atoms with E-state index in [1.54, 1.807) is 0 Å². The van der Waals surface area contributed by atoms with E-state index in [4.69, 9.17) is 5.11 Å². The number of hydrogen-bond donors (Lipinski definition) is 2. The van der Waals surface area contributed by atoms with Crippen molar-refractivity contribution in [1.29, 1.82) is 0 Å². The summed E-state index contributed by atoms with van der Waals surface area (Å²) in [6.07, 6.45) is 1.03. The molecule has 11 heteroatoms. The van der Waals surface area contributed by atoms with Gasteiger partial charge in [-0.05, 0) is 11.8 Å². The first-order valence-corrected chi connectivity index (χ1v) is 7.27. The summed E-state index contributed by atoms with van der Waals surface area (Å²) in [7, 11) is 1.05. The molecule has 1 aromatic rings. The topological polar surface area (TPSA) is 117 Å². The first-order valence-electron chi connectivity index (χ1n) is 6.45. The minimum absolute atomic E-state index is 0. The average molecular weight is 373 g/mol. The minimum atomic E-state index is -1.73. The number of fused-ring (bicyclic) bond motifs is 1. The van der Waals surface area contributed by atoms with E-state index in [2.05, 4.69) is 10.3 Å². The van der Waals surface area contributed by atoms with Crippen molar-refractivity contribution < 1.29 is 24.3 Å². The Hall–Kier alpha value is -0.290. The van der Waals surface area contributed by atoms with E-state index in [1.165, 1.54) is 0 Å². The van der Waals surface area contributed by atoms with E-state index in [0.717, 1.165) is 18.4 Å². The van der Waals surface area contributed by atoms with Crippen LogP contribution in [0.3, 0.4) is 0 Å². The number of Topliss-reactive ketones (excluding diaryl/α,β-unsaturated/α-hetero) is 1. The predicted molar refractivity (Wildman–Crippen MR) is 92.3 cm³/mol. The van der Waals surface area contributed by atoms with Crippen molar-refractivity contribution >= 4 is 99.3 Å². The molecule has 3 amide bonds. The van der Waals surface area contributed by atoms with Gasteiger partial charge in [-0.25, -0.2) is 14.6 Å². The van der Waals surface area contributed by atoms with Crippen LogP contribution in [0.15, 0.2) is 0 Å². The Bertz CT molecular complexity index is 689. The number of ketones is 1. The van der Waals surface area contributed by atoms with Crippen LogP contribution in [0.25, 0.3) is 0 Å². The van der Waals surface area contributed by atoms with Crippen molar-refractivity contribution in [3.05, 3.63) is 10.6 Å². The third kappa shape index (κ3) is 5.35. The van der Waals surface area contributed by atoms with Gasteiger partial charge in [0.25, 0.3) is 0 Å². The number of carboxylic acid groups (broad SMARTS) is 1. The molecule has 0 saturated heterocycles. The second-order valence-corrected chi connectivity index (χ2v) is 6.83. The molecule has 122 valence electrons. The van der Waals surface area contributed by atoms with E-state index in [-0.39, 0.29) is 75.4 Å². The molecule has 8 nitrogen and oxygen atoms in total. The van der Waals surface area contributed by atoms with Crippen molar-refractivity contribution in [2.45, 2.75) is 26.7 Å². The fourth-order valence-corrected chi connectivity index (χ4v) is 3.09. The number of hydrogen-bond acceptors (Lipinski definition) is 6. The molecule has 1 heterocycles. The molecule has 0 saturated carbocycles. The number of amides is 3. The van der Waals surface area contributed by atoms with Crippen LogP contribution in [0, 0.1) is 5.41 Å². The number of rotatable bonds is 1. The number of carbonyl (C=O) groups is 4. The zero-order valence-corrected chi connectivity index (χ0v) is 13.1. The maximum atomic E-state index is 12.0. The molecular weight excluding hydrogens is 356 g/mol. The summed E-state index contributed by atoms with van der Waals surface area (Å²) in [6.45, 7) is 3.93. The molecule has 2 N–H and O–H groups in total. The second kappa shape index (κ2) is 8.88. The number of urea groups is 1. The number of carbonyl (C=O) groups excluding carboxylic acids is 3. The number of thiazole rings is 1. The average Bonchev–Trinajstić information content (AvgIpc) is 2.77. The molecule has 2 rings (SSSR count). The van der Waals surface area contributed by atoms with Crippen molar-refractivity contribution in [1.82, 2.24) is 9.88 Å². The Kier molecular flexibility index (Phi) is 8.78. The number of aromatic nitrogens is 1. The van der Waals surface area contributed by atoms with Gasteiger partial charge in [0.05, 0.1) is 10.6 Å². The summed E-state index contributed by atoms with van der Waals surface area (Å²) < 4.78 is 0. The normalized spacial score (nSPS) is 14.5. The SMILES string of the molecule is CN(C(=O)Nc1nc2c(s1)C(=O)CC(C)(C)C2)C(=O)C(=O)O.[NaH].[NaH]. The summed E-state index contributed by atoms with van der Waals surface area (Å²) in [5.41, 5.74) is 0.434. The Morgan fingerprint density at radius 1 is 1.25 bits per heavy atom. The quantitative estimate of drug-likeness (QED) is 0.532. The van der Waals surface area contributed by atoms with Crippen molar-refractivity contribution in [3.63, 3.8) is 0 Å². The number of aliphatic carboxylic acids is 1. The van der Waals surface area contributed by atoms with Gasteiger partial charge in [0.2, 0.25) is 0 Å². The Labute approximate surface area is 187 Å². The van der Waals surface area contributed by atoms with Gasteiger partial charge in [-0.15, -0.1) is 0 Å². The first kappa shape index (κ1) is 23.7. The second-order valence-electron chi connectivity index (χ2n) is 5.84. The Balaban J connectivity index is 0.00000264. The molecule has 0 atom stereocenters. The monoisotopic (exact) mass is 373 g/mol. The van der Waals surface area contributed by atoms with E-state index in [1.807, 2.05) is 13.8 Å². The standard InChI is InChI=1S/C13H15N3O5S.2Na.2H/c1-13(2)4-6-8(7(17)5-13)22-11(14-6)15-12(21)16(3)9(18)10(19)20;;;;/h4-5H2,1-3H3,(H,19,20)(H,14,15,21);;;;. The maximum absolute atomic E-state index is 12.0. The van der Waals surface area contributed by atoms with Gasteiger partial charge in [0, 0.05) is 13.5 Å². The number of carboxylic acids is 1. The van der Waals surface area contributed by atoms with Crippen molar-refractivity contribution in [2.24, 2.45) is 5.41 Å². The number of imide groups is 1. The molecule has 0 spiro atoms. The van der Waals surface area contributed by atoms with Gasteiger partial charge in [-0.2, -0.15) is 0 Å². The molecule has 0 aromatic carbocycles. The Morgan fingerprint density at radius 3 is 2.38 bits per heavy atom. The molecule has 0 aliphatic heterocycles. The summed E-state index contributed by atoms with van der Waals surface area (Å²) in [5.74, 6) is -3.11. The van der Waals surface area contributed by atoms with E-state index in [9.17, 15) is 19.2 Å². The van der Waals surface area contributed by atoms with Gasteiger partial charge in [0.15, 0.2) is 10.9 Å². The Morgan fingerprint density at radius 2 is 1.83 bits per heavy atom. The van der Waals surface area contributed by atoms with Gasteiger partial charge >= 0.3 is 77.0 Å². The van der Waals surface area contributed by atoms with Crippen LogP contribution in [-0.4, -0.2) is 105 Å². The third-order valence-corrected chi connectivity index (χ3v) is 4.30. The zero-order valence-electron chi connectivity index (χ0n) is 12.3. The molecule has 1 aliphatic carbocycles. The van der Waals surface area contributed by atoms with Crippen LogP contribution in [0.4, 0.5) is 9.93 Å². The van der Waals surface area contributed by atoms with Crippen LogP contribution in [0.5, 0.6) is 0 Å². The van der Waals surface area contributed by atoms with Crippen LogP contribution < -0.4 is 5.32 Å². The molecule has 0 fully saturated rings. The van der Waals surface area contributed by atoms with E-state index >= 15 is 0 Å². The molecule has 1 aliphatic rings. The van der Waals surface area contributed by atoms with Crippen molar-refractivity contribution in [2.75, 3.05) is 12.4 Å². The summed E-state index contributed by atoms with van der Waals surface area (Å²) in [6, 6.07) is -0.912. The summed E-state index contributed by atoms with van der Waals surface area (Å²) in [5, 5.41) is 11.1. The fraction of sp³-hybridized carbons (Fsp3) is 0.462. The summed E-state index contributed by atoms with van der Waals surface area (Å²) in [4.78, 5) is 50.7. The number of nitrogens with zero attached hydrogens (tertiary/aromatic N) is 2. The van der Waals surface area contributed by atoms with Gasteiger partial charge in [-0.3, -0.25) is 19.8 Å². The summed E-state index contributed by atoms with van der Waals surface area (Å²) >= 11 is 1.03. The van der Waals surface area contributed by atoms with E-state index < -0.39 is 17.9 Å². The van der Waals surface area contributed by atoms with Crippen LogP contribution >= 0.6 is 11.3 Å². The number of likely N-dealkylation sites (N-methyl/N-ethyl adjacent to an activating group) is 1. The number of nitrogens with one attached hydrogen (secondary N) is 1. The molecular formula is C13H17N3Na2O5S. The third-order valence-electron chi connectivity index (χ3n) is 3.24. The molecule has 0 bridgehead atoms.